The standard InChI is InChI=1S/C11H18N2O/c1-4-5-7-13-8-6-11(2,9-13)10(14)12-3/h1H,5-9H2,2-3H3,(H,12,14). The minimum atomic E-state index is -0.219. The summed E-state index contributed by atoms with van der Waals surface area (Å²) in [5, 5.41) is 2.72. The van der Waals surface area contributed by atoms with Crippen LogP contribution in [0.4, 0.5) is 0 Å². The van der Waals surface area contributed by atoms with Crippen LogP contribution in [-0.2, 0) is 4.79 Å². The third kappa shape index (κ3) is 2.27. The van der Waals surface area contributed by atoms with E-state index in [1.165, 1.54) is 0 Å². The van der Waals surface area contributed by atoms with Gasteiger partial charge in [0, 0.05) is 26.6 Å². The monoisotopic (exact) mass is 194 g/mol. The molecule has 0 bridgehead atoms. The molecule has 0 spiro atoms. The SMILES string of the molecule is C#CCCN1CCC(C)(C(=O)NC)C1. The van der Waals surface area contributed by atoms with E-state index in [2.05, 4.69) is 16.1 Å². The number of likely N-dealkylation sites (tertiary alicyclic amines) is 1. The molecule has 1 heterocycles. The molecule has 1 N–H and O–H groups in total. The number of nitrogens with zero attached hydrogens (tertiary/aromatic N) is 1. The van der Waals surface area contributed by atoms with Crippen LogP contribution >= 0.6 is 0 Å². The fourth-order valence-corrected chi connectivity index (χ4v) is 1.96. The number of rotatable bonds is 3. The Morgan fingerprint density at radius 1 is 1.71 bits per heavy atom. The van der Waals surface area contributed by atoms with Gasteiger partial charge in [-0.3, -0.25) is 4.79 Å². The molecule has 14 heavy (non-hydrogen) atoms. The largest absolute Gasteiger partial charge is 0.359 e. The summed E-state index contributed by atoms with van der Waals surface area (Å²) in [6.45, 7) is 4.73. The van der Waals surface area contributed by atoms with Gasteiger partial charge in [-0.15, -0.1) is 12.3 Å². The van der Waals surface area contributed by atoms with E-state index in [1.54, 1.807) is 7.05 Å². The van der Waals surface area contributed by atoms with Crippen LogP contribution < -0.4 is 5.32 Å². The first-order chi connectivity index (χ1) is 6.62. The van der Waals surface area contributed by atoms with Crippen molar-refractivity contribution >= 4 is 5.91 Å². The minimum Gasteiger partial charge on any atom is -0.359 e. The highest BCUT2D eigenvalue weighted by molar-refractivity contribution is 5.82. The summed E-state index contributed by atoms with van der Waals surface area (Å²) in [7, 11) is 1.69. The van der Waals surface area contributed by atoms with Crippen molar-refractivity contribution in [1.82, 2.24) is 10.2 Å². The topological polar surface area (TPSA) is 32.3 Å². The Balaban J connectivity index is 2.47. The van der Waals surface area contributed by atoms with Crippen LogP contribution in [0.1, 0.15) is 19.8 Å². The smallest absolute Gasteiger partial charge is 0.227 e. The van der Waals surface area contributed by atoms with Crippen molar-refractivity contribution < 1.29 is 4.79 Å². The van der Waals surface area contributed by atoms with E-state index in [0.29, 0.717) is 0 Å². The zero-order valence-electron chi connectivity index (χ0n) is 8.97. The fourth-order valence-electron chi connectivity index (χ4n) is 1.96. The van der Waals surface area contributed by atoms with Crippen molar-refractivity contribution in [2.75, 3.05) is 26.7 Å². The van der Waals surface area contributed by atoms with Crippen LogP contribution in [0.2, 0.25) is 0 Å². The molecule has 78 valence electrons. The van der Waals surface area contributed by atoms with E-state index in [4.69, 9.17) is 6.42 Å². The predicted octanol–water partition coefficient (Wildman–Crippen LogP) is 0.468. The maximum Gasteiger partial charge on any atom is 0.227 e. The van der Waals surface area contributed by atoms with Crippen LogP contribution in [-0.4, -0.2) is 37.5 Å². The Morgan fingerprint density at radius 2 is 2.43 bits per heavy atom. The molecule has 1 rings (SSSR count). The molecular weight excluding hydrogens is 176 g/mol. The highest BCUT2D eigenvalue weighted by atomic mass is 16.2. The molecule has 1 aliphatic rings. The van der Waals surface area contributed by atoms with Crippen LogP contribution in [0.25, 0.3) is 0 Å². The van der Waals surface area contributed by atoms with E-state index in [9.17, 15) is 4.79 Å². The number of carbonyl (C=O) groups is 1. The summed E-state index contributed by atoms with van der Waals surface area (Å²) in [6, 6.07) is 0. The average Bonchev–Trinajstić information content (AvgIpc) is 2.57. The number of hydrogen-bond donors (Lipinski definition) is 1. The van der Waals surface area contributed by atoms with Gasteiger partial charge in [0.1, 0.15) is 0 Å². The Morgan fingerprint density at radius 3 is 3.00 bits per heavy atom. The Labute approximate surface area is 85.9 Å². The number of terminal acetylenes is 1. The van der Waals surface area contributed by atoms with Crippen molar-refractivity contribution in [3.63, 3.8) is 0 Å². The van der Waals surface area contributed by atoms with Crippen molar-refractivity contribution in [2.45, 2.75) is 19.8 Å². The Kier molecular flexibility index (Phi) is 3.54. The Bertz CT molecular complexity index is 257. The highest BCUT2D eigenvalue weighted by Gasteiger charge is 2.39. The number of amides is 1. The average molecular weight is 194 g/mol. The second-order valence-electron chi connectivity index (χ2n) is 4.12. The van der Waals surface area contributed by atoms with Gasteiger partial charge in [-0.25, -0.2) is 0 Å². The number of nitrogens with one attached hydrogen (secondary N) is 1. The molecule has 0 saturated carbocycles. The van der Waals surface area contributed by atoms with Crippen LogP contribution in [0.15, 0.2) is 0 Å². The molecule has 0 aliphatic carbocycles. The quantitative estimate of drug-likeness (QED) is 0.662. The summed E-state index contributed by atoms with van der Waals surface area (Å²) in [4.78, 5) is 13.8. The van der Waals surface area contributed by atoms with Gasteiger partial charge < -0.3 is 10.2 Å². The molecule has 3 heteroatoms. The third-order valence-corrected chi connectivity index (χ3v) is 2.90. The molecule has 0 aromatic carbocycles. The first-order valence-corrected chi connectivity index (χ1v) is 5.00. The highest BCUT2D eigenvalue weighted by Crippen LogP contribution is 2.29. The summed E-state index contributed by atoms with van der Waals surface area (Å²) in [6.07, 6.45) is 6.90. The molecule has 1 aliphatic heterocycles. The van der Waals surface area contributed by atoms with Gasteiger partial charge in [-0.2, -0.15) is 0 Å². The predicted molar refractivity (Wildman–Crippen MR) is 56.7 cm³/mol. The number of hydrogen-bond acceptors (Lipinski definition) is 2. The third-order valence-electron chi connectivity index (χ3n) is 2.90. The van der Waals surface area contributed by atoms with E-state index < -0.39 is 0 Å². The molecule has 0 radical (unpaired) electrons. The fraction of sp³-hybridized carbons (Fsp3) is 0.727. The lowest BCUT2D eigenvalue weighted by molar-refractivity contribution is -0.129. The van der Waals surface area contributed by atoms with Crippen LogP contribution in [0.3, 0.4) is 0 Å². The molecule has 1 amide bonds. The second-order valence-corrected chi connectivity index (χ2v) is 4.12. The van der Waals surface area contributed by atoms with Gasteiger partial charge in [-0.05, 0) is 19.9 Å². The van der Waals surface area contributed by atoms with Crippen LogP contribution in [0.5, 0.6) is 0 Å². The van der Waals surface area contributed by atoms with Gasteiger partial charge in [0.05, 0.1) is 5.41 Å². The lowest BCUT2D eigenvalue weighted by atomic mass is 9.89. The maximum absolute atomic E-state index is 11.6. The lowest BCUT2D eigenvalue weighted by Crippen LogP contribution is -2.39. The maximum atomic E-state index is 11.6. The lowest BCUT2D eigenvalue weighted by Gasteiger charge is -2.22. The molecule has 0 aromatic heterocycles. The van der Waals surface area contributed by atoms with Gasteiger partial charge in [-0.1, -0.05) is 0 Å². The van der Waals surface area contributed by atoms with Gasteiger partial charge in [0.15, 0.2) is 0 Å². The molecule has 1 fully saturated rings. The Hall–Kier alpha value is -1.01. The van der Waals surface area contributed by atoms with Crippen molar-refractivity contribution in [3.8, 4) is 12.3 Å². The van der Waals surface area contributed by atoms with E-state index >= 15 is 0 Å². The second kappa shape index (κ2) is 4.47. The molecular formula is C11H18N2O. The van der Waals surface area contributed by atoms with E-state index in [1.807, 2.05) is 6.92 Å². The van der Waals surface area contributed by atoms with Gasteiger partial charge in [0.2, 0.25) is 5.91 Å². The summed E-state index contributed by atoms with van der Waals surface area (Å²) >= 11 is 0. The van der Waals surface area contributed by atoms with Crippen molar-refractivity contribution in [1.29, 1.82) is 0 Å². The van der Waals surface area contributed by atoms with Crippen molar-refractivity contribution in [3.05, 3.63) is 0 Å². The first-order valence-electron chi connectivity index (χ1n) is 5.00. The number of carbonyl (C=O) groups excluding carboxylic acids is 1. The zero-order chi connectivity index (χ0) is 10.6. The zero-order valence-corrected chi connectivity index (χ0v) is 8.97. The molecule has 1 unspecified atom stereocenters. The molecule has 1 saturated heterocycles. The normalized spacial score (nSPS) is 27.2. The molecule has 1 atom stereocenters. The van der Waals surface area contributed by atoms with Gasteiger partial charge in [0.25, 0.3) is 0 Å². The van der Waals surface area contributed by atoms with E-state index in [-0.39, 0.29) is 11.3 Å². The summed E-state index contributed by atoms with van der Waals surface area (Å²) in [5.74, 6) is 2.76. The molecule has 3 nitrogen and oxygen atoms in total. The molecule has 0 aromatic rings. The van der Waals surface area contributed by atoms with E-state index in [0.717, 1.165) is 32.5 Å². The van der Waals surface area contributed by atoms with Crippen molar-refractivity contribution in [2.24, 2.45) is 5.41 Å². The first kappa shape index (κ1) is 11.1. The minimum absolute atomic E-state index is 0.140. The summed E-state index contributed by atoms with van der Waals surface area (Å²) < 4.78 is 0. The van der Waals surface area contributed by atoms with Gasteiger partial charge >= 0.3 is 0 Å². The van der Waals surface area contributed by atoms with Crippen LogP contribution in [0, 0.1) is 17.8 Å². The summed E-state index contributed by atoms with van der Waals surface area (Å²) in [5.41, 5.74) is -0.219.